The van der Waals surface area contributed by atoms with E-state index in [1.807, 2.05) is 0 Å². The summed E-state index contributed by atoms with van der Waals surface area (Å²) in [6.07, 6.45) is 6.89. The zero-order chi connectivity index (χ0) is 10.9. The second-order valence-corrected chi connectivity index (χ2v) is 5.24. The van der Waals surface area contributed by atoms with Crippen molar-refractivity contribution in [2.75, 3.05) is 6.54 Å². The number of rotatable bonds is 6. The molecule has 1 unspecified atom stereocenters. The van der Waals surface area contributed by atoms with Crippen LogP contribution in [0, 0.1) is 11.3 Å². The quantitative estimate of drug-likeness (QED) is 0.696. The molecule has 1 atom stereocenters. The van der Waals surface area contributed by atoms with Gasteiger partial charge in [0.25, 0.3) is 0 Å². The van der Waals surface area contributed by atoms with Crippen LogP contribution < -0.4 is 11.1 Å². The highest BCUT2D eigenvalue weighted by molar-refractivity contribution is 5.85. The average molecular weight is 210 g/mol. The van der Waals surface area contributed by atoms with E-state index in [-0.39, 0.29) is 11.3 Å². The maximum Gasteiger partial charge on any atom is 0.227 e. The van der Waals surface area contributed by atoms with E-state index in [2.05, 4.69) is 12.2 Å². The fourth-order valence-corrected chi connectivity index (χ4v) is 2.10. The van der Waals surface area contributed by atoms with Gasteiger partial charge < -0.3 is 11.1 Å². The second kappa shape index (κ2) is 4.12. The molecule has 3 nitrogen and oxygen atoms in total. The van der Waals surface area contributed by atoms with Crippen LogP contribution >= 0.6 is 0 Å². The number of nitrogens with one attached hydrogen (secondary N) is 1. The summed E-state index contributed by atoms with van der Waals surface area (Å²) in [5, 5.41) is 3.17. The number of hydrogen-bond acceptors (Lipinski definition) is 2. The predicted molar refractivity (Wildman–Crippen MR) is 60.3 cm³/mol. The molecule has 0 aliphatic heterocycles. The van der Waals surface area contributed by atoms with Gasteiger partial charge in [-0.05, 0) is 31.6 Å². The minimum Gasteiger partial charge on any atom is -0.353 e. The molecular formula is C12H22N2O. The molecule has 1 amide bonds. The van der Waals surface area contributed by atoms with E-state index in [0.29, 0.717) is 12.6 Å². The Kier molecular flexibility index (Phi) is 3.01. The van der Waals surface area contributed by atoms with Crippen LogP contribution in [0.4, 0.5) is 0 Å². The molecule has 2 saturated carbocycles. The van der Waals surface area contributed by atoms with Crippen molar-refractivity contribution in [3.05, 3.63) is 0 Å². The first-order valence-electron chi connectivity index (χ1n) is 6.21. The van der Waals surface area contributed by atoms with Crippen LogP contribution in [0.15, 0.2) is 0 Å². The van der Waals surface area contributed by atoms with Crippen molar-refractivity contribution in [1.29, 1.82) is 0 Å². The maximum atomic E-state index is 11.9. The molecule has 3 heteroatoms. The van der Waals surface area contributed by atoms with Crippen molar-refractivity contribution >= 4 is 5.91 Å². The van der Waals surface area contributed by atoms with Crippen LogP contribution in [0.1, 0.15) is 45.4 Å². The molecule has 2 aliphatic carbocycles. The van der Waals surface area contributed by atoms with Gasteiger partial charge >= 0.3 is 0 Å². The Morgan fingerprint density at radius 1 is 1.53 bits per heavy atom. The second-order valence-electron chi connectivity index (χ2n) is 5.24. The summed E-state index contributed by atoms with van der Waals surface area (Å²) in [6, 6.07) is 0.383. The molecule has 0 heterocycles. The average Bonchev–Trinajstić information content (AvgIpc) is 3.11. The summed E-state index contributed by atoms with van der Waals surface area (Å²) in [4.78, 5) is 11.9. The number of carbonyl (C=O) groups excluding carboxylic acids is 1. The Morgan fingerprint density at radius 2 is 2.20 bits per heavy atom. The third-order valence-electron chi connectivity index (χ3n) is 3.87. The first-order valence-corrected chi connectivity index (χ1v) is 6.21. The van der Waals surface area contributed by atoms with E-state index in [1.54, 1.807) is 0 Å². The summed E-state index contributed by atoms with van der Waals surface area (Å²) >= 11 is 0. The molecule has 0 saturated heterocycles. The third kappa shape index (κ3) is 2.51. The molecule has 0 aromatic heterocycles. The fourth-order valence-electron chi connectivity index (χ4n) is 2.10. The van der Waals surface area contributed by atoms with Gasteiger partial charge in [-0.2, -0.15) is 0 Å². The van der Waals surface area contributed by atoms with E-state index >= 15 is 0 Å². The zero-order valence-corrected chi connectivity index (χ0v) is 9.59. The van der Waals surface area contributed by atoms with Crippen LogP contribution in [-0.4, -0.2) is 18.5 Å². The normalized spacial score (nSPS) is 24.7. The number of amides is 1. The topological polar surface area (TPSA) is 55.1 Å². The Labute approximate surface area is 91.8 Å². The van der Waals surface area contributed by atoms with Gasteiger partial charge in [-0.3, -0.25) is 4.79 Å². The molecule has 3 N–H and O–H groups in total. The number of nitrogens with two attached hydrogens (primary N) is 1. The van der Waals surface area contributed by atoms with Gasteiger partial charge in [0, 0.05) is 12.6 Å². The van der Waals surface area contributed by atoms with Crippen molar-refractivity contribution in [2.24, 2.45) is 17.1 Å². The van der Waals surface area contributed by atoms with Crippen LogP contribution in [0.3, 0.4) is 0 Å². The van der Waals surface area contributed by atoms with Crippen LogP contribution in [0.5, 0.6) is 0 Å². The van der Waals surface area contributed by atoms with Gasteiger partial charge in [-0.25, -0.2) is 0 Å². The first kappa shape index (κ1) is 10.9. The molecule has 0 bridgehead atoms. The molecule has 86 valence electrons. The monoisotopic (exact) mass is 210 g/mol. The van der Waals surface area contributed by atoms with E-state index < -0.39 is 0 Å². The third-order valence-corrected chi connectivity index (χ3v) is 3.87. The SMILES string of the molecule is CCC(CC1CC1)NC(=O)C1(CN)CC1. The van der Waals surface area contributed by atoms with Crippen LogP contribution in [-0.2, 0) is 4.79 Å². The Morgan fingerprint density at radius 3 is 2.60 bits per heavy atom. The standard InChI is InChI=1S/C12H22N2O/c1-2-10(7-9-3-4-9)14-11(15)12(8-13)5-6-12/h9-10H,2-8,13H2,1H3,(H,14,15). The lowest BCUT2D eigenvalue weighted by atomic mass is 10.0. The van der Waals surface area contributed by atoms with Gasteiger partial charge in [0.2, 0.25) is 5.91 Å². The molecule has 0 aromatic rings. The molecule has 2 rings (SSSR count). The van der Waals surface area contributed by atoms with Crippen molar-refractivity contribution in [3.8, 4) is 0 Å². The summed E-state index contributed by atoms with van der Waals surface area (Å²) in [5.41, 5.74) is 5.46. The Hall–Kier alpha value is -0.570. The van der Waals surface area contributed by atoms with Crippen molar-refractivity contribution in [1.82, 2.24) is 5.32 Å². The van der Waals surface area contributed by atoms with Crippen molar-refractivity contribution in [2.45, 2.75) is 51.5 Å². The van der Waals surface area contributed by atoms with E-state index in [1.165, 1.54) is 19.3 Å². The highest BCUT2D eigenvalue weighted by Crippen LogP contribution is 2.45. The summed E-state index contributed by atoms with van der Waals surface area (Å²) in [5.74, 6) is 1.08. The van der Waals surface area contributed by atoms with Gasteiger partial charge in [0.15, 0.2) is 0 Å². The summed E-state index contributed by atoms with van der Waals surface area (Å²) in [7, 11) is 0. The number of hydrogen-bond donors (Lipinski definition) is 2. The highest BCUT2D eigenvalue weighted by atomic mass is 16.2. The van der Waals surface area contributed by atoms with Gasteiger partial charge in [0.05, 0.1) is 5.41 Å². The molecule has 0 spiro atoms. The van der Waals surface area contributed by atoms with Crippen molar-refractivity contribution < 1.29 is 4.79 Å². The molecule has 0 aromatic carbocycles. The summed E-state index contributed by atoms with van der Waals surface area (Å²) in [6.45, 7) is 2.66. The fraction of sp³-hybridized carbons (Fsp3) is 0.917. The molecular weight excluding hydrogens is 188 g/mol. The lowest BCUT2D eigenvalue weighted by Gasteiger charge is -2.20. The number of carbonyl (C=O) groups is 1. The molecule has 0 radical (unpaired) electrons. The molecule has 15 heavy (non-hydrogen) atoms. The summed E-state index contributed by atoms with van der Waals surface area (Å²) < 4.78 is 0. The largest absolute Gasteiger partial charge is 0.353 e. The predicted octanol–water partition coefficient (Wildman–Crippen LogP) is 1.42. The van der Waals surface area contributed by atoms with Gasteiger partial charge in [-0.1, -0.05) is 19.8 Å². The van der Waals surface area contributed by atoms with Crippen LogP contribution in [0.2, 0.25) is 0 Å². The first-order chi connectivity index (χ1) is 7.20. The van der Waals surface area contributed by atoms with Crippen molar-refractivity contribution in [3.63, 3.8) is 0 Å². The van der Waals surface area contributed by atoms with Gasteiger partial charge in [-0.15, -0.1) is 0 Å². The van der Waals surface area contributed by atoms with E-state index in [9.17, 15) is 4.79 Å². The Balaban J connectivity index is 1.80. The minimum absolute atomic E-state index is 0.184. The van der Waals surface area contributed by atoms with E-state index in [0.717, 1.165) is 25.2 Å². The molecule has 2 aliphatic rings. The maximum absolute atomic E-state index is 11.9. The smallest absolute Gasteiger partial charge is 0.227 e. The Bertz CT molecular complexity index is 244. The molecule has 2 fully saturated rings. The lowest BCUT2D eigenvalue weighted by molar-refractivity contribution is -0.126. The van der Waals surface area contributed by atoms with Gasteiger partial charge in [0.1, 0.15) is 0 Å². The lowest BCUT2D eigenvalue weighted by Crippen LogP contribution is -2.42. The van der Waals surface area contributed by atoms with Crippen LogP contribution in [0.25, 0.3) is 0 Å². The zero-order valence-electron chi connectivity index (χ0n) is 9.59. The highest BCUT2D eigenvalue weighted by Gasteiger charge is 2.48. The minimum atomic E-state index is -0.184. The van der Waals surface area contributed by atoms with E-state index in [4.69, 9.17) is 5.73 Å².